The molecule has 0 saturated carbocycles. The summed E-state index contributed by atoms with van der Waals surface area (Å²) >= 11 is 0. The van der Waals surface area contributed by atoms with Crippen LogP contribution in [0.25, 0.3) is 0 Å². The van der Waals surface area contributed by atoms with Crippen LogP contribution in [-0.2, 0) is 4.79 Å². The number of hydrogen-bond donors (Lipinski definition) is 2. The van der Waals surface area contributed by atoms with E-state index in [2.05, 4.69) is 5.32 Å². The number of aliphatic carboxylic acids is 1. The van der Waals surface area contributed by atoms with Crippen LogP contribution in [0.5, 0.6) is 0 Å². The van der Waals surface area contributed by atoms with Crippen LogP contribution in [0.15, 0.2) is 16.5 Å². The smallest absolute Gasteiger partial charge is 0.303 e. The third kappa shape index (κ3) is 3.76. The highest BCUT2D eigenvalue weighted by Gasteiger charge is 2.12. The van der Waals surface area contributed by atoms with Crippen LogP contribution in [0.3, 0.4) is 0 Å². The van der Waals surface area contributed by atoms with Crippen molar-refractivity contribution < 1.29 is 19.1 Å². The predicted molar refractivity (Wildman–Crippen MR) is 57.2 cm³/mol. The molecular formula is C11H15NO4. The third-order valence-electron chi connectivity index (χ3n) is 2.10. The second-order valence-corrected chi connectivity index (χ2v) is 3.82. The van der Waals surface area contributed by atoms with E-state index >= 15 is 0 Å². The van der Waals surface area contributed by atoms with Crippen molar-refractivity contribution in [3.63, 3.8) is 0 Å². The van der Waals surface area contributed by atoms with Crippen molar-refractivity contribution in [3.8, 4) is 0 Å². The fourth-order valence-electron chi connectivity index (χ4n) is 1.28. The van der Waals surface area contributed by atoms with Gasteiger partial charge in [0.15, 0.2) is 5.76 Å². The molecule has 2 N–H and O–H groups in total. The monoisotopic (exact) mass is 225 g/mol. The number of carbonyl (C=O) groups excluding carboxylic acids is 1. The van der Waals surface area contributed by atoms with Gasteiger partial charge in [-0.3, -0.25) is 9.59 Å². The number of carboxylic acid groups (broad SMARTS) is 1. The van der Waals surface area contributed by atoms with Crippen LogP contribution in [0.4, 0.5) is 0 Å². The molecule has 1 unspecified atom stereocenters. The van der Waals surface area contributed by atoms with Gasteiger partial charge in [-0.1, -0.05) is 6.92 Å². The summed E-state index contributed by atoms with van der Waals surface area (Å²) in [6.45, 7) is 3.84. The van der Waals surface area contributed by atoms with E-state index in [0.717, 1.165) is 0 Å². The Kier molecular flexibility index (Phi) is 4.10. The van der Waals surface area contributed by atoms with E-state index in [0.29, 0.717) is 12.3 Å². The average Bonchev–Trinajstić information content (AvgIpc) is 2.60. The van der Waals surface area contributed by atoms with Crippen LogP contribution < -0.4 is 5.32 Å². The molecule has 1 rings (SSSR count). The van der Waals surface area contributed by atoms with Crippen LogP contribution in [0.1, 0.15) is 29.7 Å². The number of furan rings is 1. The number of carboxylic acids is 1. The maximum Gasteiger partial charge on any atom is 0.303 e. The Labute approximate surface area is 93.4 Å². The molecule has 0 fully saturated rings. The Balaban J connectivity index is 2.38. The molecule has 5 heteroatoms. The molecule has 0 aliphatic heterocycles. The van der Waals surface area contributed by atoms with E-state index in [4.69, 9.17) is 9.52 Å². The number of rotatable bonds is 5. The van der Waals surface area contributed by atoms with Gasteiger partial charge in [-0.25, -0.2) is 0 Å². The molecular weight excluding hydrogens is 210 g/mol. The van der Waals surface area contributed by atoms with Gasteiger partial charge in [0, 0.05) is 13.0 Å². The molecule has 0 spiro atoms. The summed E-state index contributed by atoms with van der Waals surface area (Å²) in [6.07, 6.45) is 0.0391. The topological polar surface area (TPSA) is 79.5 Å². The first kappa shape index (κ1) is 12.3. The van der Waals surface area contributed by atoms with E-state index in [1.54, 1.807) is 26.0 Å². The summed E-state index contributed by atoms with van der Waals surface area (Å²) in [5.41, 5.74) is 0. The van der Waals surface area contributed by atoms with E-state index < -0.39 is 5.97 Å². The molecule has 1 aromatic rings. The first-order chi connectivity index (χ1) is 7.49. The molecule has 1 amide bonds. The second-order valence-electron chi connectivity index (χ2n) is 3.82. The Bertz CT molecular complexity index is 383. The molecule has 0 bridgehead atoms. The Morgan fingerprint density at radius 2 is 2.19 bits per heavy atom. The Morgan fingerprint density at radius 1 is 1.50 bits per heavy atom. The lowest BCUT2D eigenvalue weighted by Gasteiger charge is -2.08. The standard InChI is InChI=1S/C11H15NO4/c1-7(5-10(13)14)6-12-11(15)9-4-3-8(2)16-9/h3-4,7H,5-6H2,1-2H3,(H,12,15)(H,13,14). The molecule has 0 aromatic carbocycles. The van der Waals surface area contributed by atoms with E-state index in [1.807, 2.05) is 0 Å². The normalized spacial score (nSPS) is 12.1. The van der Waals surface area contributed by atoms with Gasteiger partial charge in [0.1, 0.15) is 5.76 Å². The summed E-state index contributed by atoms with van der Waals surface area (Å²) in [5, 5.41) is 11.2. The summed E-state index contributed by atoms with van der Waals surface area (Å²) in [4.78, 5) is 21.9. The number of hydrogen-bond acceptors (Lipinski definition) is 3. The van der Waals surface area contributed by atoms with Gasteiger partial charge in [-0.05, 0) is 25.0 Å². The van der Waals surface area contributed by atoms with Crippen molar-refractivity contribution in [3.05, 3.63) is 23.7 Å². The number of carbonyl (C=O) groups is 2. The maximum absolute atomic E-state index is 11.5. The Hall–Kier alpha value is -1.78. The molecule has 5 nitrogen and oxygen atoms in total. The highest BCUT2D eigenvalue weighted by atomic mass is 16.4. The van der Waals surface area contributed by atoms with Crippen LogP contribution in [0, 0.1) is 12.8 Å². The molecule has 88 valence electrons. The van der Waals surface area contributed by atoms with Crippen molar-refractivity contribution in [1.29, 1.82) is 0 Å². The minimum atomic E-state index is -0.865. The minimum absolute atomic E-state index is 0.0391. The molecule has 1 aromatic heterocycles. The fraction of sp³-hybridized carbons (Fsp3) is 0.455. The van der Waals surface area contributed by atoms with Gasteiger partial charge in [0.25, 0.3) is 5.91 Å². The molecule has 0 aliphatic rings. The lowest BCUT2D eigenvalue weighted by molar-refractivity contribution is -0.137. The van der Waals surface area contributed by atoms with Gasteiger partial charge in [0.05, 0.1) is 0 Å². The van der Waals surface area contributed by atoms with Crippen LogP contribution in [0.2, 0.25) is 0 Å². The minimum Gasteiger partial charge on any atom is -0.481 e. The zero-order chi connectivity index (χ0) is 12.1. The quantitative estimate of drug-likeness (QED) is 0.794. The van der Waals surface area contributed by atoms with Crippen molar-refractivity contribution in [1.82, 2.24) is 5.32 Å². The van der Waals surface area contributed by atoms with Crippen molar-refractivity contribution >= 4 is 11.9 Å². The van der Waals surface area contributed by atoms with Crippen molar-refractivity contribution in [2.75, 3.05) is 6.54 Å². The maximum atomic E-state index is 11.5. The molecule has 16 heavy (non-hydrogen) atoms. The second kappa shape index (κ2) is 5.34. The zero-order valence-corrected chi connectivity index (χ0v) is 9.32. The summed E-state index contributed by atoms with van der Waals surface area (Å²) < 4.78 is 5.13. The highest BCUT2D eigenvalue weighted by Crippen LogP contribution is 2.06. The Morgan fingerprint density at radius 3 is 2.69 bits per heavy atom. The third-order valence-corrected chi connectivity index (χ3v) is 2.10. The lowest BCUT2D eigenvalue weighted by Crippen LogP contribution is -2.28. The molecule has 0 aliphatic carbocycles. The average molecular weight is 225 g/mol. The van der Waals surface area contributed by atoms with Crippen LogP contribution >= 0.6 is 0 Å². The summed E-state index contributed by atoms with van der Waals surface area (Å²) in [7, 11) is 0. The van der Waals surface area contributed by atoms with E-state index in [1.165, 1.54) is 0 Å². The first-order valence-corrected chi connectivity index (χ1v) is 5.05. The van der Waals surface area contributed by atoms with Crippen molar-refractivity contribution in [2.45, 2.75) is 20.3 Å². The fourth-order valence-corrected chi connectivity index (χ4v) is 1.28. The highest BCUT2D eigenvalue weighted by molar-refractivity contribution is 5.91. The number of aryl methyl sites for hydroxylation is 1. The summed E-state index contributed by atoms with van der Waals surface area (Å²) in [5.74, 6) is -0.359. The SMILES string of the molecule is Cc1ccc(C(=O)NCC(C)CC(=O)O)o1. The molecule has 1 heterocycles. The van der Waals surface area contributed by atoms with E-state index in [-0.39, 0.29) is 24.0 Å². The van der Waals surface area contributed by atoms with Crippen molar-refractivity contribution in [2.24, 2.45) is 5.92 Å². The molecule has 1 atom stereocenters. The van der Waals surface area contributed by atoms with Gasteiger partial charge < -0.3 is 14.8 Å². The number of nitrogens with one attached hydrogen (secondary N) is 1. The first-order valence-electron chi connectivity index (χ1n) is 5.05. The van der Waals surface area contributed by atoms with Crippen LogP contribution in [-0.4, -0.2) is 23.5 Å². The largest absolute Gasteiger partial charge is 0.481 e. The van der Waals surface area contributed by atoms with Gasteiger partial charge in [-0.15, -0.1) is 0 Å². The predicted octanol–water partition coefficient (Wildman–Crippen LogP) is 1.43. The van der Waals surface area contributed by atoms with Gasteiger partial charge >= 0.3 is 5.97 Å². The molecule has 0 radical (unpaired) electrons. The van der Waals surface area contributed by atoms with E-state index in [9.17, 15) is 9.59 Å². The zero-order valence-electron chi connectivity index (χ0n) is 9.32. The number of amides is 1. The summed E-state index contributed by atoms with van der Waals surface area (Å²) in [6, 6.07) is 3.29. The van der Waals surface area contributed by atoms with Gasteiger partial charge in [-0.2, -0.15) is 0 Å². The molecule has 0 saturated heterocycles. The van der Waals surface area contributed by atoms with Gasteiger partial charge in [0.2, 0.25) is 0 Å². The lowest BCUT2D eigenvalue weighted by atomic mass is 10.1.